The Kier molecular flexibility index (Phi) is 6.23. The summed E-state index contributed by atoms with van der Waals surface area (Å²) in [6.45, 7) is 1.92. The molecular weight excluding hydrogens is 334 g/mol. The lowest BCUT2D eigenvalue weighted by Gasteiger charge is -2.00. The maximum Gasteiger partial charge on any atom is 0.340 e. The van der Waals surface area contributed by atoms with E-state index >= 15 is 0 Å². The Morgan fingerprint density at radius 2 is 2.13 bits per heavy atom. The van der Waals surface area contributed by atoms with E-state index in [-0.39, 0.29) is 12.3 Å². The molecule has 7 heteroatoms. The van der Waals surface area contributed by atoms with Gasteiger partial charge in [0.2, 0.25) is 0 Å². The molecule has 1 aromatic carbocycles. The van der Waals surface area contributed by atoms with E-state index in [4.69, 9.17) is 21.9 Å². The van der Waals surface area contributed by atoms with E-state index in [1.54, 1.807) is 6.92 Å². The summed E-state index contributed by atoms with van der Waals surface area (Å²) in [5, 5.41) is 6.10. The average molecular weight is 348 g/mol. The normalized spacial score (nSPS) is 11.0. The summed E-state index contributed by atoms with van der Waals surface area (Å²) in [6.07, 6.45) is 2.30. The van der Waals surface area contributed by atoms with Crippen molar-refractivity contribution in [2.75, 3.05) is 6.61 Å². The number of thiophene rings is 1. The van der Waals surface area contributed by atoms with E-state index in [2.05, 4.69) is 10.0 Å². The largest absolute Gasteiger partial charge is 0.462 e. The van der Waals surface area contributed by atoms with E-state index in [0.29, 0.717) is 5.02 Å². The third-order valence-corrected chi connectivity index (χ3v) is 4.09. The molecule has 5 nitrogen and oxygen atoms in total. The second kappa shape index (κ2) is 8.39. The molecule has 0 aliphatic carbocycles. The standard InChI is InChI=1S/C16H14ClN3O2S/c1-2-22-16(21)15(19-20-18)9-14-8-12(10-23-14)7-11-3-5-13(17)6-4-11/h3-6,8-10H,2,7H2,1H3/b15-9-. The van der Waals surface area contributed by atoms with Gasteiger partial charge in [-0.05, 0) is 59.7 Å². The number of halogens is 1. The second-order valence-corrected chi connectivity index (χ2v) is 5.98. The zero-order chi connectivity index (χ0) is 16.7. The summed E-state index contributed by atoms with van der Waals surface area (Å²) < 4.78 is 4.86. The van der Waals surface area contributed by atoms with Crippen molar-refractivity contribution in [3.63, 3.8) is 0 Å². The van der Waals surface area contributed by atoms with Gasteiger partial charge in [0.05, 0.1) is 6.61 Å². The van der Waals surface area contributed by atoms with E-state index in [1.807, 2.05) is 35.7 Å². The van der Waals surface area contributed by atoms with Crippen molar-refractivity contribution in [3.05, 3.63) is 72.9 Å². The summed E-state index contributed by atoms with van der Waals surface area (Å²) >= 11 is 7.34. The fourth-order valence-electron chi connectivity index (χ4n) is 1.92. The van der Waals surface area contributed by atoms with Gasteiger partial charge >= 0.3 is 5.97 Å². The minimum Gasteiger partial charge on any atom is -0.462 e. The number of nitrogens with zero attached hydrogens (tertiary/aromatic N) is 3. The number of carbonyl (C=O) groups excluding carboxylic acids is 1. The maximum atomic E-state index is 11.7. The number of hydrogen-bond acceptors (Lipinski definition) is 4. The highest BCUT2D eigenvalue weighted by molar-refractivity contribution is 7.11. The molecule has 0 aliphatic rings. The lowest BCUT2D eigenvalue weighted by atomic mass is 10.1. The van der Waals surface area contributed by atoms with Gasteiger partial charge in [0.25, 0.3) is 0 Å². The van der Waals surface area contributed by atoms with Crippen LogP contribution in [0.1, 0.15) is 22.9 Å². The third kappa shape index (κ3) is 5.14. The minimum absolute atomic E-state index is 0.0470. The summed E-state index contributed by atoms with van der Waals surface area (Å²) in [5.41, 5.74) is 10.8. The Morgan fingerprint density at radius 3 is 2.78 bits per heavy atom. The maximum absolute atomic E-state index is 11.7. The van der Waals surface area contributed by atoms with Gasteiger partial charge in [-0.2, -0.15) is 0 Å². The number of azide groups is 1. The summed E-state index contributed by atoms with van der Waals surface area (Å²) in [7, 11) is 0. The van der Waals surface area contributed by atoms with Gasteiger partial charge in [-0.1, -0.05) is 28.8 Å². The van der Waals surface area contributed by atoms with Crippen molar-refractivity contribution in [2.24, 2.45) is 5.11 Å². The molecule has 0 bridgehead atoms. The molecule has 0 fully saturated rings. The van der Waals surface area contributed by atoms with Crippen molar-refractivity contribution >= 4 is 35.0 Å². The van der Waals surface area contributed by atoms with E-state index < -0.39 is 5.97 Å². The Bertz CT molecular complexity index is 762. The van der Waals surface area contributed by atoms with Gasteiger partial charge in [0.15, 0.2) is 0 Å². The first-order valence-electron chi connectivity index (χ1n) is 6.88. The molecule has 0 saturated heterocycles. The highest BCUT2D eigenvalue weighted by atomic mass is 35.5. The zero-order valence-corrected chi connectivity index (χ0v) is 14.0. The van der Waals surface area contributed by atoms with E-state index in [9.17, 15) is 4.79 Å². The Labute approximate surface area is 142 Å². The van der Waals surface area contributed by atoms with Crippen LogP contribution in [0.3, 0.4) is 0 Å². The number of rotatable bonds is 6. The fraction of sp³-hybridized carbons (Fsp3) is 0.188. The monoisotopic (exact) mass is 347 g/mol. The molecule has 0 amide bonds. The molecule has 0 unspecified atom stereocenters. The lowest BCUT2D eigenvalue weighted by Crippen LogP contribution is -2.05. The predicted molar refractivity (Wildman–Crippen MR) is 92.3 cm³/mol. The van der Waals surface area contributed by atoms with Gasteiger partial charge < -0.3 is 4.74 Å². The number of esters is 1. The van der Waals surface area contributed by atoms with Crippen molar-refractivity contribution in [1.82, 2.24) is 0 Å². The smallest absolute Gasteiger partial charge is 0.340 e. The van der Waals surface area contributed by atoms with Gasteiger partial charge in [0.1, 0.15) is 5.70 Å². The van der Waals surface area contributed by atoms with Gasteiger partial charge in [-0.3, -0.25) is 0 Å². The van der Waals surface area contributed by atoms with Crippen molar-refractivity contribution in [2.45, 2.75) is 13.3 Å². The molecule has 0 radical (unpaired) electrons. The summed E-state index contributed by atoms with van der Waals surface area (Å²) in [6, 6.07) is 9.60. The van der Waals surface area contributed by atoms with Crippen LogP contribution >= 0.6 is 22.9 Å². The van der Waals surface area contributed by atoms with Gasteiger partial charge in [-0.15, -0.1) is 11.3 Å². The first kappa shape index (κ1) is 17.1. The molecule has 2 aromatic rings. The third-order valence-electron chi connectivity index (χ3n) is 2.91. The molecule has 0 atom stereocenters. The van der Waals surface area contributed by atoms with Crippen LogP contribution in [0.2, 0.25) is 5.02 Å². The molecule has 1 aromatic heterocycles. The molecule has 118 valence electrons. The van der Waals surface area contributed by atoms with Crippen LogP contribution in [0.25, 0.3) is 16.5 Å². The molecule has 23 heavy (non-hydrogen) atoms. The first-order valence-corrected chi connectivity index (χ1v) is 8.14. The average Bonchev–Trinajstić information content (AvgIpc) is 2.96. The highest BCUT2D eigenvalue weighted by Crippen LogP contribution is 2.22. The van der Waals surface area contributed by atoms with Gasteiger partial charge in [-0.25, -0.2) is 4.79 Å². The quantitative estimate of drug-likeness (QED) is 0.236. The number of carbonyl (C=O) groups is 1. The number of ether oxygens (including phenoxy) is 1. The summed E-state index contributed by atoms with van der Waals surface area (Å²) in [4.78, 5) is 15.2. The topological polar surface area (TPSA) is 75.1 Å². The number of benzene rings is 1. The van der Waals surface area contributed by atoms with Crippen LogP contribution in [0.5, 0.6) is 0 Å². The van der Waals surface area contributed by atoms with Crippen LogP contribution in [-0.4, -0.2) is 12.6 Å². The van der Waals surface area contributed by atoms with Crippen LogP contribution < -0.4 is 0 Å². The molecule has 0 spiro atoms. The molecule has 0 saturated carbocycles. The molecular formula is C16H14ClN3O2S. The summed E-state index contributed by atoms with van der Waals surface area (Å²) in [5.74, 6) is -0.627. The number of hydrogen-bond donors (Lipinski definition) is 0. The lowest BCUT2D eigenvalue weighted by molar-refractivity contribution is -0.138. The molecule has 1 heterocycles. The predicted octanol–water partition coefficient (Wildman–Crippen LogP) is 5.21. The molecule has 0 aliphatic heterocycles. The van der Waals surface area contributed by atoms with Crippen molar-refractivity contribution in [3.8, 4) is 0 Å². The van der Waals surface area contributed by atoms with Crippen LogP contribution in [0.4, 0.5) is 0 Å². The fourth-order valence-corrected chi connectivity index (χ4v) is 2.88. The van der Waals surface area contributed by atoms with Crippen molar-refractivity contribution < 1.29 is 9.53 Å². The molecule has 0 N–H and O–H groups in total. The Balaban J connectivity index is 2.16. The second-order valence-electron chi connectivity index (χ2n) is 4.60. The Hall–Kier alpha value is -2.27. The Morgan fingerprint density at radius 1 is 1.39 bits per heavy atom. The van der Waals surface area contributed by atoms with Crippen LogP contribution in [0.15, 0.2) is 46.5 Å². The highest BCUT2D eigenvalue weighted by Gasteiger charge is 2.09. The first-order chi connectivity index (χ1) is 11.1. The van der Waals surface area contributed by atoms with E-state index in [0.717, 1.165) is 22.4 Å². The molecule has 2 rings (SSSR count). The van der Waals surface area contributed by atoms with Crippen LogP contribution in [0, 0.1) is 0 Å². The van der Waals surface area contributed by atoms with Crippen molar-refractivity contribution in [1.29, 1.82) is 0 Å². The SMILES string of the molecule is CCOC(=O)/C(=C/c1cc(Cc2ccc(Cl)cc2)cs1)N=[N+]=[N-]. The minimum atomic E-state index is -0.627. The van der Waals surface area contributed by atoms with Crippen LogP contribution in [-0.2, 0) is 16.0 Å². The van der Waals surface area contributed by atoms with Gasteiger partial charge in [0, 0.05) is 14.8 Å². The van der Waals surface area contributed by atoms with E-state index in [1.165, 1.54) is 17.4 Å². The zero-order valence-electron chi connectivity index (χ0n) is 12.4.